The van der Waals surface area contributed by atoms with Crippen LogP contribution in [0.25, 0.3) is 0 Å². The molecule has 0 fully saturated rings. The lowest BCUT2D eigenvalue weighted by Gasteiger charge is -2.21. The van der Waals surface area contributed by atoms with Gasteiger partial charge in [-0.25, -0.2) is 8.78 Å². The van der Waals surface area contributed by atoms with Crippen LogP contribution in [0.1, 0.15) is 12.8 Å². The van der Waals surface area contributed by atoms with Crippen molar-refractivity contribution in [1.29, 1.82) is 10.5 Å². The molecule has 1 N–H and O–H groups in total. The molecule has 7 heteroatoms. The second-order valence-electron chi connectivity index (χ2n) is 4.15. The molecule has 21 heavy (non-hydrogen) atoms. The number of nitrogens with one attached hydrogen (secondary N) is 1. The molecule has 0 atom stereocenters. The minimum absolute atomic E-state index is 0.130. The molecule has 0 saturated carbocycles. The van der Waals surface area contributed by atoms with E-state index in [9.17, 15) is 13.6 Å². The molecule has 0 heterocycles. The number of carbonyl (C=O) groups excluding carboxylic acids is 1. The normalized spacial score (nSPS) is 9.52. The summed E-state index contributed by atoms with van der Waals surface area (Å²) in [7, 11) is 0. The first-order valence-electron chi connectivity index (χ1n) is 6.29. The van der Waals surface area contributed by atoms with Crippen LogP contribution in [0.4, 0.5) is 14.5 Å². The Morgan fingerprint density at radius 3 is 2.14 bits per heavy atom. The number of hydrogen-bond donors (Lipinski definition) is 1. The topological polar surface area (TPSA) is 79.9 Å². The Morgan fingerprint density at radius 2 is 1.67 bits per heavy atom. The molecule has 1 amide bonds. The third kappa shape index (κ3) is 5.07. The Hall–Kier alpha value is -2.67. The Morgan fingerprint density at radius 1 is 1.14 bits per heavy atom. The molecule has 0 radical (unpaired) electrons. The largest absolute Gasteiger partial charge is 0.371 e. The zero-order valence-electron chi connectivity index (χ0n) is 11.3. The van der Waals surface area contributed by atoms with Gasteiger partial charge in [0, 0.05) is 13.1 Å². The number of amides is 1. The van der Waals surface area contributed by atoms with E-state index in [-0.39, 0.29) is 38.2 Å². The van der Waals surface area contributed by atoms with Crippen LogP contribution >= 0.6 is 0 Å². The predicted molar refractivity (Wildman–Crippen MR) is 71.9 cm³/mol. The molecule has 0 aliphatic heterocycles. The lowest BCUT2D eigenvalue weighted by molar-refractivity contribution is -0.129. The second kappa shape index (κ2) is 8.49. The second-order valence-corrected chi connectivity index (χ2v) is 4.15. The number of rotatable bonds is 7. The summed E-state index contributed by atoms with van der Waals surface area (Å²) in [5.41, 5.74) is -0.369. The van der Waals surface area contributed by atoms with Crippen molar-refractivity contribution in [3.8, 4) is 12.1 Å². The van der Waals surface area contributed by atoms with Crippen LogP contribution in [0.2, 0.25) is 0 Å². The van der Waals surface area contributed by atoms with Crippen LogP contribution in [-0.2, 0) is 4.79 Å². The zero-order chi connectivity index (χ0) is 15.7. The van der Waals surface area contributed by atoms with E-state index in [1.54, 1.807) is 0 Å². The van der Waals surface area contributed by atoms with E-state index in [0.29, 0.717) is 0 Å². The van der Waals surface area contributed by atoms with Crippen molar-refractivity contribution in [2.24, 2.45) is 0 Å². The maximum atomic E-state index is 13.4. The Balaban J connectivity index is 2.65. The van der Waals surface area contributed by atoms with Crippen molar-refractivity contribution in [1.82, 2.24) is 4.90 Å². The molecular formula is C14H14F2N4O. The summed E-state index contributed by atoms with van der Waals surface area (Å²) in [5, 5.41) is 19.5. The van der Waals surface area contributed by atoms with Crippen molar-refractivity contribution in [2.75, 3.05) is 25.0 Å². The molecule has 0 aliphatic carbocycles. The van der Waals surface area contributed by atoms with E-state index in [1.165, 1.54) is 11.0 Å². The van der Waals surface area contributed by atoms with Gasteiger partial charge >= 0.3 is 0 Å². The first-order chi connectivity index (χ1) is 10.1. The highest BCUT2D eigenvalue weighted by Crippen LogP contribution is 2.17. The van der Waals surface area contributed by atoms with Crippen molar-refractivity contribution >= 4 is 11.6 Å². The summed E-state index contributed by atoms with van der Waals surface area (Å²) in [6.45, 7) is 0.0472. The number of para-hydroxylation sites is 1. The first-order valence-corrected chi connectivity index (χ1v) is 6.29. The first kappa shape index (κ1) is 16.4. The number of hydrogen-bond acceptors (Lipinski definition) is 4. The highest BCUT2D eigenvalue weighted by Gasteiger charge is 2.15. The molecule has 5 nitrogen and oxygen atoms in total. The summed E-state index contributed by atoms with van der Waals surface area (Å²) in [5.74, 6) is -2.00. The van der Waals surface area contributed by atoms with E-state index >= 15 is 0 Å². The smallest absolute Gasteiger partial charge is 0.241 e. The molecule has 1 rings (SSSR count). The maximum Gasteiger partial charge on any atom is 0.241 e. The van der Waals surface area contributed by atoms with Gasteiger partial charge in [-0.2, -0.15) is 10.5 Å². The van der Waals surface area contributed by atoms with Gasteiger partial charge in [-0.1, -0.05) is 6.07 Å². The quantitative estimate of drug-likeness (QED) is 0.834. The minimum atomic E-state index is -0.789. The van der Waals surface area contributed by atoms with E-state index in [4.69, 9.17) is 10.5 Å². The summed E-state index contributed by atoms with van der Waals surface area (Å²) >= 11 is 0. The fourth-order valence-corrected chi connectivity index (χ4v) is 1.67. The van der Waals surface area contributed by atoms with Crippen LogP contribution in [0.5, 0.6) is 0 Å². The molecule has 1 aromatic rings. The van der Waals surface area contributed by atoms with Gasteiger partial charge in [0.05, 0.1) is 31.5 Å². The highest BCUT2D eigenvalue weighted by atomic mass is 19.1. The number of nitrogens with zero attached hydrogens (tertiary/aromatic N) is 3. The van der Waals surface area contributed by atoms with Crippen LogP contribution < -0.4 is 5.32 Å². The van der Waals surface area contributed by atoms with Crippen molar-refractivity contribution in [3.63, 3.8) is 0 Å². The highest BCUT2D eigenvalue weighted by molar-refractivity contribution is 5.81. The SMILES string of the molecule is N#CCCN(CCC#N)C(=O)CNc1c(F)cccc1F. The Kier molecular flexibility index (Phi) is 6.62. The Bertz CT molecular complexity index is 539. The predicted octanol–water partition coefficient (Wildman–Crippen LogP) is 2.03. The van der Waals surface area contributed by atoms with E-state index < -0.39 is 17.5 Å². The average Bonchev–Trinajstić information content (AvgIpc) is 2.46. The van der Waals surface area contributed by atoms with Gasteiger partial charge in [0.2, 0.25) is 5.91 Å². The summed E-state index contributed by atoms with van der Waals surface area (Å²) in [6.07, 6.45) is 0.260. The Labute approximate surface area is 121 Å². The van der Waals surface area contributed by atoms with Gasteiger partial charge in [0.1, 0.15) is 17.3 Å². The number of carbonyl (C=O) groups is 1. The zero-order valence-corrected chi connectivity index (χ0v) is 11.3. The van der Waals surface area contributed by atoms with Gasteiger partial charge in [-0.15, -0.1) is 0 Å². The van der Waals surface area contributed by atoms with E-state index in [0.717, 1.165) is 12.1 Å². The van der Waals surface area contributed by atoms with Crippen molar-refractivity contribution < 1.29 is 13.6 Å². The lowest BCUT2D eigenvalue weighted by Crippen LogP contribution is -2.37. The number of nitriles is 2. The molecule has 0 unspecified atom stereocenters. The molecule has 110 valence electrons. The minimum Gasteiger partial charge on any atom is -0.371 e. The van der Waals surface area contributed by atoms with Crippen LogP contribution in [0.15, 0.2) is 18.2 Å². The monoisotopic (exact) mass is 292 g/mol. The third-order valence-corrected chi connectivity index (χ3v) is 2.72. The van der Waals surface area contributed by atoms with Gasteiger partial charge < -0.3 is 10.2 Å². The fraction of sp³-hybridized carbons (Fsp3) is 0.357. The van der Waals surface area contributed by atoms with Gasteiger partial charge in [0.15, 0.2) is 0 Å². The molecule has 0 bridgehead atoms. The molecule has 0 aromatic heterocycles. The number of anilines is 1. The molecule has 0 saturated heterocycles. The third-order valence-electron chi connectivity index (χ3n) is 2.72. The van der Waals surface area contributed by atoms with E-state index in [1.807, 2.05) is 12.1 Å². The van der Waals surface area contributed by atoms with Gasteiger partial charge in [-0.05, 0) is 12.1 Å². The summed E-state index contributed by atoms with van der Waals surface area (Å²) < 4.78 is 26.8. The van der Waals surface area contributed by atoms with Crippen LogP contribution in [0, 0.1) is 34.3 Å². The molecular weight excluding hydrogens is 278 g/mol. The summed E-state index contributed by atoms with van der Waals surface area (Å²) in [4.78, 5) is 13.3. The molecule has 1 aromatic carbocycles. The maximum absolute atomic E-state index is 13.4. The van der Waals surface area contributed by atoms with Crippen molar-refractivity contribution in [3.05, 3.63) is 29.8 Å². The van der Waals surface area contributed by atoms with Gasteiger partial charge in [0.25, 0.3) is 0 Å². The standard InChI is InChI=1S/C14H14F2N4O/c15-11-4-1-5-12(16)14(11)19-10-13(21)20(8-2-6-17)9-3-7-18/h1,4-5,19H,2-3,8-10H2. The summed E-state index contributed by atoms with van der Waals surface area (Å²) in [6, 6.07) is 7.20. The van der Waals surface area contributed by atoms with Crippen molar-refractivity contribution in [2.45, 2.75) is 12.8 Å². The van der Waals surface area contributed by atoms with Gasteiger partial charge in [-0.3, -0.25) is 4.79 Å². The van der Waals surface area contributed by atoms with E-state index in [2.05, 4.69) is 5.32 Å². The molecule has 0 spiro atoms. The lowest BCUT2D eigenvalue weighted by atomic mass is 10.3. The van der Waals surface area contributed by atoms with Crippen LogP contribution in [-0.4, -0.2) is 30.4 Å². The fourth-order valence-electron chi connectivity index (χ4n) is 1.67. The van der Waals surface area contributed by atoms with Crippen LogP contribution in [0.3, 0.4) is 0 Å². The average molecular weight is 292 g/mol. The number of halogens is 2. The number of benzene rings is 1. The molecule has 0 aliphatic rings.